The molecule has 198 valence electrons. The Kier molecular flexibility index (Phi) is 11.0. The Morgan fingerprint density at radius 3 is 1.97 bits per heavy atom. The number of carbonyl (C=O) groups excluding carboxylic acids is 2. The van der Waals surface area contributed by atoms with Crippen LogP contribution in [0.4, 0.5) is 5.69 Å². The summed E-state index contributed by atoms with van der Waals surface area (Å²) in [4.78, 5) is 28.2. The first-order valence-corrected chi connectivity index (χ1v) is 14.5. The van der Waals surface area contributed by atoms with Crippen LogP contribution in [-0.2, 0) is 26.2 Å². The molecule has 2 aromatic rings. The lowest BCUT2D eigenvalue weighted by atomic mass is 10.1. The van der Waals surface area contributed by atoms with Crippen molar-refractivity contribution < 1.29 is 18.0 Å². The molecule has 0 aliphatic rings. The van der Waals surface area contributed by atoms with Crippen LogP contribution in [0, 0.1) is 13.8 Å². The molecule has 0 heterocycles. The highest BCUT2D eigenvalue weighted by Gasteiger charge is 2.29. The van der Waals surface area contributed by atoms with Crippen LogP contribution < -0.4 is 9.62 Å². The predicted molar refractivity (Wildman–Crippen MR) is 146 cm³/mol. The van der Waals surface area contributed by atoms with E-state index < -0.39 is 16.1 Å². The van der Waals surface area contributed by atoms with Crippen molar-refractivity contribution in [3.8, 4) is 0 Å². The smallest absolute Gasteiger partial charge is 0.243 e. The minimum atomic E-state index is -3.51. The van der Waals surface area contributed by atoms with Crippen molar-refractivity contribution in [1.29, 1.82) is 0 Å². The van der Waals surface area contributed by atoms with Crippen molar-refractivity contribution in [1.82, 2.24) is 10.2 Å². The number of benzene rings is 2. The average molecular weight is 516 g/mol. The summed E-state index contributed by atoms with van der Waals surface area (Å²) in [5.74, 6) is -0.330. The Labute approximate surface area is 216 Å². The zero-order valence-electron chi connectivity index (χ0n) is 22.5. The zero-order valence-corrected chi connectivity index (χ0v) is 23.3. The standard InChI is InChI=1S/C28H41N3O4S/c1-7-23(5)29-28(33)26(8-2)30(20-24-15-11-21(3)12-16-24)27(32)10-9-19-31(36(6,34)35)25-17-13-22(4)14-18-25/h11-18,23,26H,7-10,19-20H2,1-6H3,(H,29,33)/t23-,26-/m0/s1. The number of anilines is 1. The van der Waals surface area contributed by atoms with Gasteiger partial charge in [-0.3, -0.25) is 13.9 Å². The van der Waals surface area contributed by atoms with Crippen LogP contribution in [-0.4, -0.2) is 50.0 Å². The Hall–Kier alpha value is -2.87. The summed E-state index contributed by atoms with van der Waals surface area (Å²) in [6.07, 6.45) is 2.93. The number of rotatable bonds is 13. The molecular weight excluding hydrogens is 474 g/mol. The normalized spacial score (nSPS) is 13.1. The molecule has 0 aromatic heterocycles. The molecule has 0 radical (unpaired) electrons. The van der Waals surface area contributed by atoms with Crippen molar-refractivity contribution >= 4 is 27.5 Å². The molecule has 2 amide bonds. The molecule has 2 aromatic carbocycles. The Morgan fingerprint density at radius 1 is 0.917 bits per heavy atom. The first-order valence-electron chi connectivity index (χ1n) is 12.7. The second kappa shape index (κ2) is 13.4. The lowest BCUT2D eigenvalue weighted by Gasteiger charge is -2.32. The molecule has 7 nitrogen and oxygen atoms in total. The molecule has 2 atom stereocenters. The summed E-state index contributed by atoms with van der Waals surface area (Å²) in [7, 11) is -3.51. The fraction of sp³-hybridized carbons (Fsp3) is 0.500. The van der Waals surface area contributed by atoms with Gasteiger partial charge in [-0.1, -0.05) is 61.4 Å². The van der Waals surface area contributed by atoms with Gasteiger partial charge in [-0.05, 0) is 57.7 Å². The number of nitrogens with zero attached hydrogens (tertiary/aromatic N) is 2. The fourth-order valence-electron chi connectivity index (χ4n) is 3.97. The van der Waals surface area contributed by atoms with Crippen molar-refractivity contribution in [3.63, 3.8) is 0 Å². The van der Waals surface area contributed by atoms with Gasteiger partial charge in [0.2, 0.25) is 21.8 Å². The maximum Gasteiger partial charge on any atom is 0.243 e. The number of carbonyl (C=O) groups is 2. The molecule has 36 heavy (non-hydrogen) atoms. The van der Waals surface area contributed by atoms with Gasteiger partial charge >= 0.3 is 0 Å². The van der Waals surface area contributed by atoms with Gasteiger partial charge in [-0.2, -0.15) is 0 Å². The lowest BCUT2D eigenvalue weighted by molar-refractivity contribution is -0.141. The average Bonchev–Trinajstić information content (AvgIpc) is 2.82. The van der Waals surface area contributed by atoms with E-state index in [4.69, 9.17) is 0 Å². The Morgan fingerprint density at radius 2 is 1.47 bits per heavy atom. The van der Waals surface area contributed by atoms with Crippen LogP contribution in [0.5, 0.6) is 0 Å². The number of nitrogens with one attached hydrogen (secondary N) is 1. The summed E-state index contributed by atoms with van der Waals surface area (Å²) in [5, 5.41) is 3.01. The SMILES string of the molecule is CC[C@H](C)NC(=O)[C@H](CC)N(Cc1ccc(C)cc1)C(=O)CCCN(c1ccc(C)cc1)S(C)(=O)=O. The molecular formula is C28H41N3O4S. The highest BCUT2D eigenvalue weighted by Crippen LogP contribution is 2.20. The first-order chi connectivity index (χ1) is 17.0. The molecule has 1 N–H and O–H groups in total. The monoisotopic (exact) mass is 515 g/mol. The maximum absolute atomic E-state index is 13.5. The summed E-state index contributed by atoms with van der Waals surface area (Å²) >= 11 is 0. The number of hydrogen-bond acceptors (Lipinski definition) is 4. The van der Waals surface area contributed by atoms with Gasteiger partial charge < -0.3 is 10.2 Å². The molecule has 0 aliphatic heterocycles. The molecule has 0 unspecified atom stereocenters. The van der Waals surface area contributed by atoms with Crippen LogP contribution in [0.25, 0.3) is 0 Å². The summed E-state index contributed by atoms with van der Waals surface area (Å²) in [6.45, 7) is 10.3. The van der Waals surface area contributed by atoms with Gasteiger partial charge in [-0.25, -0.2) is 8.42 Å². The molecule has 0 aliphatic carbocycles. The lowest BCUT2D eigenvalue weighted by Crippen LogP contribution is -2.50. The number of amides is 2. The van der Waals surface area contributed by atoms with Gasteiger partial charge in [0.25, 0.3) is 0 Å². The Balaban J connectivity index is 2.21. The van der Waals surface area contributed by atoms with E-state index in [2.05, 4.69) is 5.32 Å². The van der Waals surface area contributed by atoms with Crippen LogP contribution in [0.15, 0.2) is 48.5 Å². The molecule has 0 saturated heterocycles. The van der Waals surface area contributed by atoms with Crippen molar-refractivity contribution in [2.75, 3.05) is 17.1 Å². The van der Waals surface area contributed by atoms with E-state index in [0.717, 1.165) is 23.1 Å². The largest absolute Gasteiger partial charge is 0.352 e. The van der Waals surface area contributed by atoms with Gasteiger partial charge in [0.15, 0.2) is 0 Å². The van der Waals surface area contributed by atoms with Crippen molar-refractivity contribution in [2.45, 2.75) is 78.9 Å². The van der Waals surface area contributed by atoms with E-state index in [1.165, 1.54) is 10.6 Å². The third kappa shape index (κ3) is 8.66. The molecule has 2 rings (SSSR count). The Bertz CT molecular complexity index is 1100. The minimum absolute atomic E-state index is 0.0145. The minimum Gasteiger partial charge on any atom is -0.352 e. The number of hydrogen-bond donors (Lipinski definition) is 1. The van der Waals surface area contributed by atoms with E-state index in [0.29, 0.717) is 25.1 Å². The van der Waals surface area contributed by atoms with Crippen molar-refractivity contribution in [3.05, 3.63) is 65.2 Å². The second-order valence-corrected chi connectivity index (χ2v) is 11.4. The molecule has 0 spiro atoms. The third-order valence-electron chi connectivity index (χ3n) is 6.33. The highest BCUT2D eigenvalue weighted by atomic mass is 32.2. The maximum atomic E-state index is 13.5. The van der Waals surface area contributed by atoms with E-state index in [1.54, 1.807) is 17.0 Å². The molecule has 8 heteroatoms. The van der Waals surface area contributed by atoms with Gasteiger partial charge in [0, 0.05) is 25.6 Å². The van der Waals surface area contributed by atoms with E-state index in [-0.39, 0.29) is 30.8 Å². The van der Waals surface area contributed by atoms with Crippen molar-refractivity contribution in [2.24, 2.45) is 0 Å². The topological polar surface area (TPSA) is 86.8 Å². The van der Waals surface area contributed by atoms with Crippen LogP contribution in [0.1, 0.15) is 63.1 Å². The molecule has 0 bridgehead atoms. The quantitative estimate of drug-likeness (QED) is 0.423. The van der Waals surface area contributed by atoms with Gasteiger partial charge in [0.05, 0.1) is 11.9 Å². The number of aryl methyl sites for hydroxylation is 2. The molecule has 0 fully saturated rings. The predicted octanol–water partition coefficient (Wildman–Crippen LogP) is 4.57. The van der Waals surface area contributed by atoms with Gasteiger partial charge in [0.1, 0.15) is 6.04 Å². The van der Waals surface area contributed by atoms with Crippen LogP contribution in [0.2, 0.25) is 0 Å². The van der Waals surface area contributed by atoms with E-state index in [9.17, 15) is 18.0 Å². The number of sulfonamides is 1. The fourth-order valence-corrected chi connectivity index (χ4v) is 4.93. The summed E-state index contributed by atoms with van der Waals surface area (Å²) in [5.41, 5.74) is 3.68. The highest BCUT2D eigenvalue weighted by molar-refractivity contribution is 7.92. The van der Waals surface area contributed by atoms with Crippen LogP contribution in [0.3, 0.4) is 0 Å². The van der Waals surface area contributed by atoms with Gasteiger partial charge in [-0.15, -0.1) is 0 Å². The van der Waals surface area contributed by atoms with E-state index in [1.807, 2.05) is 71.0 Å². The first kappa shape index (κ1) is 29.4. The summed E-state index contributed by atoms with van der Waals surface area (Å²) in [6, 6.07) is 14.6. The third-order valence-corrected chi connectivity index (χ3v) is 7.53. The van der Waals surface area contributed by atoms with Crippen LogP contribution >= 0.6 is 0 Å². The van der Waals surface area contributed by atoms with E-state index >= 15 is 0 Å². The molecule has 0 saturated carbocycles. The summed E-state index contributed by atoms with van der Waals surface area (Å²) < 4.78 is 26.2. The zero-order chi connectivity index (χ0) is 26.9. The second-order valence-electron chi connectivity index (χ2n) is 9.52.